The number of hydrogen-bond donors (Lipinski definition) is 1. The van der Waals surface area contributed by atoms with Crippen LogP contribution >= 0.6 is 11.8 Å². The molecule has 2 atom stereocenters. The Morgan fingerprint density at radius 3 is 2.89 bits per heavy atom. The Bertz CT molecular complexity index is 291. The minimum Gasteiger partial charge on any atom is -0.394 e. The molecule has 3 aliphatic heterocycles. The van der Waals surface area contributed by atoms with Gasteiger partial charge in [-0.15, -0.1) is 0 Å². The smallest absolute Gasteiger partial charge is 0.0932 e. The van der Waals surface area contributed by atoms with Crippen LogP contribution in [-0.4, -0.2) is 72.2 Å². The minimum atomic E-state index is 0.00876. The van der Waals surface area contributed by atoms with E-state index in [-0.39, 0.29) is 18.3 Å². The predicted octanol–water partition coefficient (Wildman–Crippen LogP) is 1.12. The van der Waals surface area contributed by atoms with Crippen LogP contribution in [0.15, 0.2) is 0 Å². The molecular formula is C14H25NO3S. The maximum absolute atomic E-state index is 9.27. The van der Waals surface area contributed by atoms with Crippen LogP contribution in [0.25, 0.3) is 0 Å². The highest BCUT2D eigenvalue weighted by atomic mass is 32.2. The van der Waals surface area contributed by atoms with Gasteiger partial charge in [0.2, 0.25) is 0 Å². The average Bonchev–Trinajstić information content (AvgIpc) is 2.48. The molecule has 0 saturated carbocycles. The van der Waals surface area contributed by atoms with Gasteiger partial charge in [-0.05, 0) is 37.2 Å². The lowest BCUT2D eigenvalue weighted by Crippen LogP contribution is -2.55. The van der Waals surface area contributed by atoms with Crippen molar-refractivity contribution in [1.82, 2.24) is 4.90 Å². The zero-order valence-corrected chi connectivity index (χ0v) is 12.4. The van der Waals surface area contributed by atoms with Crippen molar-refractivity contribution in [3.05, 3.63) is 0 Å². The number of aliphatic hydroxyl groups excluding tert-OH is 1. The molecule has 0 amide bonds. The lowest BCUT2D eigenvalue weighted by molar-refractivity contribution is -0.131. The predicted molar refractivity (Wildman–Crippen MR) is 76.7 cm³/mol. The first-order chi connectivity index (χ1) is 9.31. The quantitative estimate of drug-likeness (QED) is 0.824. The molecule has 2 unspecified atom stereocenters. The summed E-state index contributed by atoms with van der Waals surface area (Å²) >= 11 is 2.06. The molecule has 4 nitrogen and oxygen atoms in total. The zero-order chi connectivity index (χ0) is 13.1. The van der Waals surface area contributed by atoms with Gasteiger partial charge in [0, 0.05) is 25.7 Å². The van der Waals surface area contributed by atoms with E-state index < -0.39 is 0 Å². The molecule has 0 radical (unpaired) electrons. The Balaban J connectivity index is 1.61. The molecule has 0 aromatic heterocycles. The molecule has 0 aromatic carbocycles. The van der Waals surface area contributed by atoms with Crippen molar-refractivity contribution in [1.29, 1.82) is 0 Å². The Hall–Kier alpha value is 0.190. The van der Waals surface area contributed by atoms with E-state index in [4.69, 9.17) is 9.47 Å². The first-order valence-corrected chi connectivity index (χ1v) is 8.65. The summed E-state index contributed by atoms with van der Waals surface area (Å²) in [7, 11) is 0. The molecule has 1 N–H and O–H groups in total. The lowest BCUT2D eigenvalue weighted by Gasteiger charge is -2.48. The summed E-state index contributed by atoms with van der Waals surface area (Å²) in [5.74, 6) is 2.49. The van der Waals surface area contributed by atoms with Crippen molar-refractivity contribution >= 4 is 11.8 Å². The van der Waals surface area contributed by atoms with Gasteiger partial charge in [-0.1, -0.05) is 0 Å². The van der Waals surface area contributed by atoms with E-state index in [1.807, 2.05) is 0 Å². The summed E-state index contributed by atoms with van der Waals surface area (Å²) in [5.41, 5.74) is 0.154. The Morgan fingerprint density at radius 1 is 1.26 bits per heavy atom. The molecule has 3 heterocycles. The summed E-state index contributed by atoms with van der Waals surface area (Å²) in [6.07, 6.45) is 4.73. The molecule has 110 valence electrons. The number of thioether (sulfide) groups is 1. The van der Waals surface area contributed by atoms with Crippen LogP contribution in [0.5, 0.6) is 0 Å². The van der Waals surface area contributed by atoms with Crippen LogP contribution in [0, 0.1) is 0 Å². The highest BCUT2D eigenvalue weighted by molar-refractivity contribution is 7.99. The van der Waals surface area contributed by atoms with Crippen molar-refractivity contribution in [2.75, 3.05) is 44.4 Å². The second kappa shape index (κ2) is 6.31. The fraction of sp³-hybridized carbons (Fsp3) is 1.00. The van der Waals surface area contributed by atoms with Gasteiger partial charge in [-0.25, -0.2) is 0 Å². The second-order valence-corrected chi connectivity index (χ2v) is 7.19. The zero-order valence-electron chi connectivity index (χ0n) is 11.6. The second-order valence-electron chi connectivity index (χ2n) is 5.96. The summed E-state index contributed by atoms with van der Waals surface area (Å²) in [6.45, 7) is 3.68. The van der Waals surface area contributed by atoms with Crippen molar-refractivity contribution in [2.45, 2.75) is 43.4 Å². The molecular weight excluding hydrogens is 262 g/mol. The van der Waals surface area contributed by atoms with E-state index >= 15 is 0 Å². The van der Waals surface area contributed by atoms with Crippen molar-refractivity contribution in [2.24, 2.45) is 0 Å². The summed E-state index contributed by atoms with van der Waals surface area (Å²) in [5, 5.41) is 9.27. The lowest BCUT2D eigenvalue weighted by atomic mass is 9.84. The van der Waals surface area contributed by atoms with Crippen LogP contribution in [0.2, 0.25) is 0 Å². The van der Waals surface area contributed by atoms with Crippen LogP contribution in [0.4, 0.5) is 0 Å². The van der Waals surface area contributed by atoms with E-state index in [0.29, 0.717) is 6.04 Å². The number of rotatable bonds is 2. The monoisotopic (exact) mass is 287 g/mol. The normalized spacial score (nSPS) is 36.5. The topological polar surface area (TPSA) is 41.9 Å². The highest BCUT2D eigenvalue weighted by Crippen LogP contribution is 2.39. The number of aliphatic hydroxyl groups is 1. The summed E-state index contributed by atoms with van der Waals surface area (Å²) < 4.78 is 11.7. The Labute approximate surface area is 119 Å². The largest absolute Gasteiger partial charge is 0.394 e. The van der Waals surface area contributed by atoms with Crippen LogP contribution in [0.1, 0.15) is 25.7 Å². The van der Waals surface area contributed by atoms with Crippen molar-refractivity contribution < 1.29 is 14.6 Å². The third-order valence-corrected chi connectivity index (χ3v) is 5.75. The van der Waals surface area contributed by atoms with E-state index in [0.717, 1.165) is 32.7 Å². The maximum Gasteiger partial charge on any atom is 0.0932 e. The van der Waals surface area contributed by atoms with Gasteiger partial charge in [-0.2, -0.15) is 11.8 Å². The van der Waals surface area contributed by atoms with Gasteiger partial charge in [0.05, 0.1) is 24.9 Å². The number of ether oxygens (including phenoxy) is 2. The van der Waals surface area contributed by atoms with Crippen molar-refractivity contribution in [3.63, 3.8) is 0 Å². The maximum atomic E-state index is 9.27. The first kappa shape index (κ1) is 14.1. The number of hydrogen-bond acceptors (Lipinski definition) is 5. The SMILES string of the molecule is OCC1CN(C2CCOC3(CCSCC3)C2)CCO1. The summed E-state index contributed by atoms with van der Waals surface area (Å²) in [6, 6.07) is 0.620. The standard InChI is InChI=1S/C14H25NO3S/c16-11-13-10-15(4-6-17-13)12-1-5-18-14(9-12)2-7-19-8-3-14/h12-13,16H,1-11H2. The molecule has 5 heteroatoms. The molecule has 0 aromatic rings. The molecule has 0 bridgehead atoms. The van der Waals surface area contributed by atoms with E-state index in [1.54, 1.807) is 0 Å². The number of nitrogens with zero attached hydrogens (tertiary/aromatic N) is 1. The number of morpholine rings is 1. The van der Waals surface area contributed by atoms with Crippen LogP contribution in [-0.2, 0) is 9.47 Å². The Kier molecular flexibility index (Phi) is 4.70. The van der Waals surface area contributed by atoms with E-state index in [2.05, 4.69) is 16.7 Å². The van der Waals surface area contributed by atoms with E-state index in [1.165, 1.54) is 30.8 Å². The van der Waals surface area contributed by atoms with Gasteiger partial charge in [0.25, 0.3) is 0 Å². The van der Waals surface area contributed by atoms with Crippen molar-refractivity contribution in [3.8, 4) is 0 Å². The molecule has 19 heavy (non-hydrogen) atoms. The van der Waals surface area contributed by atoms with Gasteiger partial charge < -0.3 is 14.6 Å². The molecule has 0 aliphatic carbocycles. The van der Waals surface area contributed by atoms with Gasteiger partial charge in [-0.3, -0.25) is 4.90 Å². The van der Waals surface area contributed by atoms with Gasteiger partial charge in [0.15, 0.2) is 0 Å². The minimum absolute atomic E-state index is 0.00876. The molecule has 1 spiro atoms. The first-order valence-electron chi connectivity index (χ1n) is 7.50. The van der Waals surface area contributed by atoms with Gasteiger partial charge >= 0.3 is 0 Å². The fourth-order valence-electron chi connectivity index (χ4n) is 3.59. The Morgan fingerprint density at radius 2 is 2.11 bits per heavy atom. The molecule has 3 saturated heterocycles. The molecule has 3 rings (SSSR count). The summed E-state index contributed by atoms with van der Waals surface area (Å²) in [4.78, 5) is 2.52. The third-order valence-electron chi connectivity index (χ3n) is 4.76. The molecule has 3 aliphatic rings. The van der Waals surface area contributed by atoms with E-state index in [9.17, 15) is 5.11 Å². The van der Waals surface area contributed by atoms with Crippen LogP contribution in [0.3, 0.4) is 0 Å². The fourth-order valence-corrected chi connectivity index (χ4v) is 4.83. The molecule has 3 fully saturated rings. The average molecular weight is 287 g/mol. The third kappa shape index (κ3) is 3.27. The van der Waals surface area contributed by atoms with Gasteiger partial charge in [0.1, 0.15) is 0 Å². The van der Waals surface area contributed by atoms with Crippen LogP contribution < -0.4 is 0 Å². The highest BCUT2D eigenvalue weighted by Gasteiger charge is 2.41.